The number of carbonyl (C=O) groups is 1. The Hall–Kier alpha value is -1.58. The van der Waals surface area contributed by atoms with Crippen molar-refractivity contribution in [3.8, 4) is 0 Å². The van der Waals surface area contributed by atoms with Crippen LogP contribution in [0.5, 0.6) is 0 Å². The van der Waals surface area contributed by atoms with Gasteiger partial charge in [-0.1, -0.05) is 43.2 Å². The third-order valence-electron chi connectivity index (χ3n) is 3.62. The topological polar surface area (TPSA) is 38.3 Å². The van der Waals surface area contributed by atoms with Gasteiger partial charge in [0, 0.05) is 12.0 Å². The summed E-state index contributed by atoms with van der Waals surface area (Å²) >= 11 is 0. The minimum absolute atomic E-state index is 0.0574. The van der Waals surface area contributed by atoms with Gasteiger partial charge in [-0.05, 0) is 18.4 Å². The molecule has 4 heteroatoms. The summed E-state index contributed by atoms with van der Waals surface area (Å²) in [4.78, 5) is 11.7. The summed E-state index contributed by atoms with van der Waals surface area (Å²) in [6, 6.07) is 9.43. The highest BCUT2D eigenvalue weighted by Gasteiger charge is 2.26. The Balaban J connectivity index is 1.77. The molecule has 0 unspecified atom stereocenters. The molecule has 0 aromatic heterocycles. The maximum absolute atomic E-state index is 12.8. The first-order valence-electron chi connectivity index (χ1n) is 6.83. The third-order valence-corrected chi connectivity index (χ3v) is 3.62. The van der Waals surface area contributed by atoms with Crippen LogP contribution in [0.4, 0.5) is 9.18 Å². The van der Waals surface area contributed by atoms with Crippen LogP contribution in [0.25, 0.3) is 0 Å². The van der Waals surface area contributed by atoms with Crippen LogP contribution in [0.3, 0.4) is 0 Å². The molecule has 1 saturated carbocycles. The van der Waals surface area contributed by atoms with Gasteiger partial charge in [0.05, 0.1) is 6.67 Å². The Bertz CT molecular complexity index is 396. The molecule has 0 bridgehead atoms. The summed E-state index contributed by atoms with van der Waals surface area (Å²) in [7, 11) is 0. The van der Waals surface area contributed by atoms with E-state index in [9.17, 15) is 9.18 Å². The zero-order valence-corrected chi connectivity index (χ0v) is 11.0. The lowest BCUT2D eigenvalue weighted by atomic mass is 9.85. The fourth-order valence-electron chi connectivity index (χ4n) is 2.50. The molecule has 0 aliphatic heterocycles. The number of nitrogens with one attached hydrogen (secondary N) is 1. The maximum Gasteiger partial charge on any atom is 0.407 e. The fraction of sp³-hybridized carbons (Fsp3) is 0.533. The highest BCUT2D eigenvalue weighted by molar-refractivity contribution is 5.67. The van der Waals surface area contributed by atoms with E-state index in [1.165, 1.54) is 0 Å². The van der Waals surface area contributed by atoms with Crippen molar-refractivity contribution in [1.29, 1.82) is 0 Å². The molecular weight excluding hydrogens is 245 g/mol. The Morgan fingerprint density at radius 3 is 2.74 bits per heavy atom. The van der Waals surface area contributed by atoms with Gasteiger partial charge >= 0.3 is 6.09 Å². The first-order chi connectivity index (χ1) is 9.29. The van der Waals surface area contributed by atoms with Crippen LogP contribution in [0.1, 0.15) is 31.2 Å². The molecule has 104 valence electrons. The van der Waals surface area contributed by atoms with E-state index in [1.54, 1.807) is 0 Å². The molecule has 0 radical (unpaired) electrons. The van der Waals surface area contributed by atoms with Gasteiger partial charge in [0.15, 0.2) is 0 Å². The number of rotatable bonds is 4. The van der Waals surface area contributed by atoms with E-state index in [4.69, 9.17) is 4.74 Å². The number of amides is 1. The molecule has 1 aromatic carbocycles. The van der Waals surface area contributed by atoms with Crippen molar-refractivity contribution in [2.24, 2.45) is 5.92 Å². The third kappa shape index (κ3) is 4.23. The van der Waals surface area contributed by atoms with E-state index >= 15 is 0 Å². The van der Waals surface area contributed by atoms with Crippen LogP contribution in [0.15, 0.2) is 30.3 Å². The van der Waals surface area contributed by atoms with Crippen LogP contribution in [0, 0.1) is 5.92 Å². The number of ether oxygens (including phenoxy) is 1. The molecule has 0 spiro atoms. The summed E-state index contributed by atoms with van der Waals surface area (Å²) in [5, 5.41) is 2.79. The Morgan fingerprint density at radius 1 is 1.26 bits per heavy atom. The van der Waals surface area contributed by atoms with Gasteiger partial charge in [-0.3, -0.25) is 4.39 Å². The standard InChI is InChI=1S/C15H20FNO2/c16-10-13-8-4-5-9-14(13)17-15(18)19-11-12-6-2-1-3-7-12/h1-3,6-7,13-14H,4-5,8-11H2,(H,17,18)/t13-,14-/m1/s1. The summed E-state index contributed by atoms with van der Waals surface area (Å²) < 4.78 is 18.0. The lowest BCUT2D eigenvalue weighted by molar-refractivity contribution is 0.123. The average molecular weight is 265 g/mol. The van der Waals surface area contributed by atoms with E-state index in [0.29, 0.717) is 0 Å². The van der Waals surface area contributed by atoms with Gasteiger partial charge in [0.25, 0.3) is 0 Å². The predicted octanol–water partition coefficient (Wildman–Crippen LogP) is 3.44. The molecule has 1 aliphatic carbocycles. The van der Waals surface area contributed by atoms with Crippen LogP contribution >= 0.6 is 0 Å². The second kappa shape index (κ2) is 7.12. The van der Waals surface area contributed by atoms with Crippen molar-refractivity contribution in [1.82, 2.24) is 5.32 Å². The number of hydrogen-bond donors (Lipinski definition) is 1. The quantitative estimate of drug-likeness (QED) is 0.905. The smallest absolute Gasteiger partial charge is 0.407 e. The van der Waals surface area contributed by atoms with Crippen molar-refractivity contribution in [2.75, 3.05) is 6.67 Å². The summed E-state index contributed by atoms with van der Waals surface area (Å²) in [6.45, 7) is -0.122. The minimum atomic E-state index is -0.450. The van der Waals surface area contributed by atoms with Gasteiger partial charge in [-0.25, -0.2) is 4.79 Å². The number of alkyl carbamates (subject to hydrolysis) is 1. The molecular formula is C15H20FNO2. The van der Waals surface area contributed by atoms with E-state index in [2.05, 4.69) is 5.32 Å². The van der Waals surface area contributed by atoms with Gasteiger partial charge in [-0.2, -0.15) is 0 Å². The predicted molar refractivity (Wildman–Crippen MR) is 71.5 cm³/mol. The van der Waals surface area contributed by atoms with Gasteiger partial charge in [0.2, 0.25) is 0 Å². The van der Waals surface area contributed by atoms with E-state index in [1.807, 2.05) is 30.3 Å². The first kappa shape index (κ1) is 13.8. The summed E-state index contributed by atoms with van der Waals surface area (Å²) in [5.74, 6) is -0.0574. The lowest BCUT2D eigenvalue weighted by Crippen LogP contribution is -2.43. The zero-order valence-electron chi connectivity index (χ0n) is 11.0. The summed E-state index contributed by atoms with van der Waals surface area (Å²) in [5.41, 5.74) is 0.948. The number of benzene rings is 1. The SMILES string of the molecule is O=C(N[C@@H]1CCCC[C@@H]1CF)OCc1ccccc1. The number of halogens is 1. The number of hydrogen-bond acceptors (Lipinski definition) is 2. The Labute approximate surface area is 113 Å². The highest BCUT2D eigenvalue weighted by atomic mass is 19.1. The van der Waals surface area contributed by atoms with Crippen LogP contribution in [-0.2, 0) is 11.3 Å². The van der Waals surface area contributed by atoms with Crippen LogP contribution in [0.2, 0.25) is 0 Å². The van der Waals surface area contributed by atoms with Gasteiger partial charge in [0.1, 0.15) is 6.61 Å². The molecule has 19 heavy (non-hydrogen) atoms. The van der Waals surface area contributed by atoms with E-state index in [-0.39, 0.29) is 25.2 Å². The van der Waals surface area contributed by atoms with Crippen molar-refractivity contribution in [2.45, 2.75) is 38.3 Å². The lowest BCUT2D eigenvalue weighted by Gasteiger charge is -2.29. The highest BCUT2D eigenvalue weighted by Crippen LogP contribution is 2.24. The number of carbonyl (C=O) groups excluding carboxylic acids is 1. The average Bonchev–Trinajstić information content (AvgIpc) is 2.47. The van der Waals surface area contributed by atoms with Crippen molar-refractivity contribution in [3.63, 3.8) is 0 Å². The van der Waals surface area contributed by atoms with Crippen LogP contribution < -0.4 is 5.32 Å². The van der Waals surface area contributed by atoms with E-state index < -0.39 is 6.09 Å². The Morgan fingerprint density at radius 2 is 2.00 bits per heavy atom. The molecule has 2 rings (SSSR count). The Kier molecular flexibility index (Phi) is 5.19. The molecule has 1 aliphatic rings. The molecule has 1 N–H and O–H groups in total. The molecule has 1 amide bonds. The van der Waals surface area contributed by atoms with Gasteiger partial charge < -0.3 is 10.1 Å². The zero-order chi connectivity index (χ0) is 13.5. The summed E-state index contributed by atoms with van der Waals surface area (Å²) in [6.07, 6.45) is 3.33. The fourth-order valence-corrected chi connectivity index (χ4v) is 2.50. The van der Waals surface area contributed by atoms with Crippen molar-refractivity contribution < 1.29 is 13.9 Å². The maximum atomic E-state index is 12.8. The van der Waals surface area contributed by atoms with E-state index in [0.717, 1.165) is 31.2 Å². The second-order valence-corrected chi connectivity index (χ2v) is 5.01. The van der Waals surface area contributed by atoms with Crippen molar-refractivity contribution >= 4 is 6.09 Å². The first-order valence-corrected chi connectivity index (χ1v) is 6.83. The molecule has 1 fully saturated rings. The van der Waals surface area contributed by atoms with Gasteiger partial charge in [-0.15, -0.1) is 0 Å². The monoisotopic (exact) mass is 265 g/mol. The molecule has 1 aromatic rings. The minimum Gasteiger partial charge on any atom is -0.445 e. The second-order valence-electron chi connectivity index (χ2n) is 5.01. The van der Waals surface area contributed by atoms with Crippen LogP contribution in [-0.4, -0.2) is 18.8 Å². The molecule has 2 atom stereocenters. The largest absolute Gasteiger partial charge is 0.445 e. The molecule has 3 nitrogen and oxygen atoms in total. The normalized spacial score (nSPS) is 22.8. The number of alkyl halides is 1. The molecule has 0 saturated heterocycles. The molecule has 0 heterocycles. The van der Waals surface area contributed by atoms with Crippen molar-refractivity contribution in [3.05, 3.63) is 35.9 Å².